The zero-order valence-electron chi connectivity index (χ0n) is 19.2. The maximum absolute atomic E-state index is 2.55. The lowest BCUT2D eigenvalue weighted by molar-refractivity contribution is 0.0790. The van der Waals surface area contributed by atoms with Crippen molar-refractivity contribution in [2.75, 3.05) is 0 Å². The molecule has 0 aliphatic heterocycles. The zero-order chi connectivity index (χ0) is 19.2. The van der Waals surface area contributed by atoms with Crippen molar-refractivity contribution in [3.05, 3.63) is 0 Å². The van der Waals surface area contributed by atoms with E-state index in [1.54, 1.807) is 0 Å². The van der Waals surface area contributed by atoms with Crippen LogP contribution in [-0.2, 0) is 0 Å². The Labute approximate surface area is 155 Å². The van der Waals surface area contributed by atoms with Gasteiger partial charge >= 0.3 is 0 Å². The summed E-state index contributed by atoms with van der Waals surface area (Å²) in [6.45, 7) is 29.4. The van der Waals surface area contributed by atoms with Crippen molar-refractivity contribution in [1.29, 1.82) is 0 Å². The highest BCUT2D eigenvalue weighted by Gasteiger charge is 2.34. The van der Waals surface area contributed by atoms with E-state index in [2.05, 4.69) is 83.1 Å². The second-order valence-corrected chi connectivity index (χ2v) is 10.2. The summed E-state index contributed by atoms with van der Waals surface area (Å²) in [7, 11) is 0. The van der Waals surface area contributed by atoms with Crippen LogP contribution in [0.1, 0.15) is 95.9 Å². The first-order valence-corrected chi connectivity index (χ1v) is 10.9. The molecule has 0 bridgehead atoms. The smallest absolute Gasteiger partial charge is 0.0360 e. The average molecular weight is 339 g/mol. The van der Waals surface area contributed by atoms with E-state index in [0.29, 0.717) is 0 Å². The minimum absolute atomic E-state index is 0.786. The molecule has 0 saturated heterocycles. The summed E-state index contributed by atoms with van der Waals surface area (Å²) in [5.74, 6) is 8.19. The van der Waals surface area contributed by atoms with Crippen molar-refractivity contribution in [3.63, 3.8) is 0 Å². The SMILES string of the molecule is CCC(C(C)C)C(C)C(CC(C(C)C)C(C)C(C)C(C)C)C(C)C. The molecular weight excluding hydrogens is 288 g/mol. The van der Waals surface area contributed by atoms with Crippen LogP contribution >= 0.6 is 0 Å². The van der Waals surface area contributed by atoms with Gasteiger partial charge in [0.15, 0.2) is 0 Å². The van der Waals surface area contributed by atoms with Gasteiger partial charge in [-0.3, -0.25) is 0 Å². The molecule has 0 heteroatoms. The van der Waals surface area contributed by atoms with E-state index in [1.165, 1.54) is 12.8 Å². The van der Waals surface area contributed by atoms with Gasteiger partial charge in [0, 0.05) is 0 Å². The molecule has 6 atom stereocenters. The molecule has 0 heterocycles. The van der Waals surface area contributed by atoms with E-state index in [-0.39, 0.29) is 0 Å². The van der Waals surface area contributed by atoms with Crippen LogP contribution in [0.2, 0.25) is 0 Å². The number of rotatable bonds is 11. The van der Waals surface area contributed by atoms with Crippen molar-refractivity contribution in [2.24, 2.45) is 59.2 Å². The molecule has 0 aliphatic carbocycles. The van der Waals surface area contributed by atoms with Gasteiger partial charge in [-0.15, -0.1) is 0 Å². The Balaban J connectivity index is 5.36. The van der Waals surface area contributed by atoms with Gasteiger partial charge < -0.3 is 0 Å². The molecule has 0 aromatic rings. The minimum atomic E-state index is 0.786. The first kappa shape index (κ1) is 24.0. The number of hydrogen-bond acceptors (Lipinski definition) is 0. The number of hydrogen-bond donors (Lipinski definition) is 0. The Bertz CT molecular complexity index is 312. The molecule has 0 spiro atoms. The lowest BCUT2D eigenvalue weighted by Gasteiger charge is -2.41. The van der Waals surface area contributed by atoms with Crippen LogP contribution in [0, 0.1) is 59.2 Å². The van der Waals surface area contributed by atoms with Gasteiger partial charge in [-0.1, -0.05) is 89.5 Å². The highest BCUT2D eigenvalue weighted by atomic mass is 14.4. The predicted molar refractivity (Wildman–Crippen MR) is 112 cm³/mol. The summed E-state index contributed by atoms with van der Waals surface area (Å²) in [5, 5.41) is 0. The molecule has 0 fully saturated rings. The van der Waals surface area contributed by atoms with Crippen LogP contribution in [0.4, 0.5) is 0 Å². The van der Waals surface area contributed by atoms with E-state index in [0.717, 1.165) is 59.2 Å². The summed E-state index contributed by atoms with van der Waals surface area (Å²) in [6.07, 6.45) is 2.74. The quantitative estimate of drug-likeness (QED) is 0.356. The Morgan fingerprint density at radius 3 is 1.08 bits per heavy atom. The highest BCUT2D eigenvalue weighted by molar-refractivity contribution is 4.84. The van der Waals surface area contributed by atoms with E-state index in [1.807, 2.05) is 0 Å². The van der Waals surface area contributed by atoms with Gasteiger partial charge in [0.05, 0.1) is 0 Å². The van der Waals surface area contributed by atoms with E-state index >= 15 is 0 Å². The van der Waals surface area contributed by atoms with Gasteiger partial charge in [0.1, 0.15) is 0 Å². The molecule has 146 valence electrons. The van der Waals surface area contributed by atoms with Gasteiger partial charge in [0.25, 0.3) is 0 Å². The third-order valence-electron chi connectivity index (χ3n) is 7.49. The standard InChI is InChI=1S/C24H50/c1-13-22(16(4)5)21(12)24(18(8)9)14-23(17(6)7)20(11)19(10)15(2)3/h15-24H,13-14H2,1-12H3. The Kier molecular flexibility index (Phi) is 10.9. The largest absolute Gasteiger partial charge is 0.0651 e. The van der Waals surface area contributed by atoms with Crippen molar-refractivity contribution < 1.29 is 0 Å². The van der Waals surface area contributed by atoms with Crippen LogP contribution in [0.5, 0.6) is 0 Å². The summed E-state index contributed by atoms with van der Waals surface area (Å²) in [6, 6.07) is 0. The fourth-order valence-electron chi connectivity index (χ4n) is 5.27. The van der Waals surface area contributed by atoms with E-state index < -0.39 is 0 Å². The summed E-state index contributed by atoms with van der Waals surface area (Å²) < 4.78 is 0. The normalized spacial score (nSPS) is 20.5. The Hall–Kier alpha value is 0. The van der Waals surface area contributed by atoms with Crippen molar-refractivity contribution in [3.8, 4) is 0 Å². The van der Waals surface area contributed by atoms with Gasteiger partial charge in [0.2, 0.25) is 0 Å². The molecule has 0 radical (unpaired) electrons. The Morgan fingerprint density at radius 1 is 0.417 bits per heavy atom. The van der Waals surface area contributed by atoms with E-state index in [4.69, 9.17) is 0 Å². The monoisotopic (exact) mass is 338 g/mol. The highest BCUT2D eigenvalue weighted by Crippen LogP contribution is 2.42. The molecular formula is C24H50. The van der Waals surface area contributed by atoms with Gasteiger partial charge in [-0.25, -0.2) is 0 Å². The fourth-order valence-corrected chi connectivity index (χ4v) is 5.27. The summed E-state index contributed by atoms with van der Waals surface area (Å²) in [4.78, 5) is 0. The molecule has 0 rings (SSSR count). The van der Waals surface area contributed by atoms with Crippen molar-refractivity contribution >= 4 is 0 Å². The zero-order valence-corrected chi connectivity index (χ0v) is 19.2. The van der Waals surface area contributed by atoms with Crippen LogP contribution in [0.15, 0.2) is 0 Å². The van der Waals surface area contributed by atoms with Crippen molar-refractivity contribution in [2.45, 2.75) is 95.9 Å². The average Bonchev–Trinajstić information content (AvgIpc) is 2.45. The predicted octanol–water partition coefficient (Wildman–Crippen LogP) is 8.17. The molecule has 0 N–H and O–H groups in total. The third kappa shape index (κ3) is 6.72. The Morgan fingerprint density at radius 2 is 0.792 bits per heavy atom. The lowest BCUT2D eigenvalue weighted by Crippen LogP contribution is -2.34. The van der Waals surface area contributed by atoms with Gasteiger partial charge in [-0.2, -0.15) is 0 Å². The summed E-state index contributed by atoms with van der Waals surface area (Å²) in [5.41, 5.74) is 0. The first-order valence-electron chi connectivity index (χ1n) is 10.9. The summed E-state index contributed by atoms with van der Waals surface area (Å²) >= 11 is 0. The maximum Gasteiger partial charge on any atom is -0.0360 e. The van der Waals surface area contributed by atoms with E-state index in [9.17, 15) is 0 Å². The molecule has 0 nitrogen and oxygen atoms in total. The van der Waals surface area contributed by atoms with Crippen molar-refractivity contribution in [1.82, 2.24) is 0 Å². The molecule has 24 heavy (non-hydrogen) atoms. The lowest BCUT2D eigenvalue weighted by atomic mass is 9.64. The maximum atomic E-state index is 2.55. The second kappa shape index (κ2) is 10.9. The minimum Gasteiger partial charge on any atom is -0.0651 e. The molecule has 0 aromatic heterocycles. The van der Waals surface area contributed by atoms with Crippen LogP contribution in [0.3, 0.4) is 0 Å². The van der Waals surface area contributed by atoms with Gasteiger partial charge in [-0.05, 0) is 65.6 Å². The second-order valence-electron chi connectivity index (χ2n) is 10.2. The van der Waals surface area contributed by atoms with Crippen LogP contribution < -0.4 is 0 Å². The molecule has 0 aromatic carbocycles. The molecule has 0 saturated carbocycles. The van der Waals surface area contributed by atoms with Crippen LogP contribution in [-0.4, -0.2) is 0 Å². The third-order valence-corrected chi connectivity index (χ3v) is 7.49. The molecule has 6 unspecified atom stereocenters. The van der Waals surface area contributed by atoms with Crippen LogP contribution in [0.25, 0.3) is 0 Å². The topological polar surface area (TPSA) is 0 Å². The molecule has 0 aliphatic rings. The fraction of sp³-hybridized carbons (Fsp3) is 1.00. The first-order chi connectivity index (χ1) is 10.9. The molecule has 0 amide bonds.